The van der Waals surface area contributed by atoms with E-state index in [-0.39, 0.29) is 36.5 Å². The first-order valence-corrected chi connectivity index (χ1v) is 8.14. The Labute approximate surface area is 142 Å². The van der Waals surface area contributed by atoms with Gasteiger partial charge in [-0.25, -0.2) is 0 Å². The monoisotopic (exact) mass is 352 g/mol. The highest BCUT2D eigenvalue weighted by Gasteiger charge is 2.43. The van der Waals surface area contributed by atoms with Crippen molar-refractivity contribution < 1.29 is 18.0 Å². The van der Waals surface area contributed by atoms with Crippen LogP contribution in [0.3, 0.4) is 0 Å². The summed E-state index contributed by atoms with van der Waals surface area (Å²) in [5.41, 5.74) is 2.40. The lowest BCUT2D eigenvalue weighted by Gasteiger charge is -2.32. The molecule has 3 rings (SSSR count). The standard InChI is InChI=1S/C18H19F3N2O2/c1-10(2)23-14-5-4-11(3)8-12(14)16(24)13-9-22(7-6-15(13)23)17(25)18(19,20)21/h4-5,8,10H,6-7,9H2,1-3H3. The Kier molecular flexibility index (Phi) is 4.13. The van der Waals surface area contributed by atoms with Crippen molar-refractivity contribution in [3.05, 3.63) is 45.2 Å². The van der Waals surface area contributed by atoms with Crippen LogP contribution >= 0.6 is 0 Å². The first-order chi connectivity index (χ1) is 11.6. The van der Waals surface area contributed by atoms with E-state index in [2.05, 4.69) is 0 Å². The molecule has 2 heterocycles. The van der Waals surface area contributed by atoms with E-state index in [9.17, 15) is 22.8 Å². The lowest BCUT2D eigenvalue weighted by molar-refractivity contribution is -0.186. The van der Waals surface area contributed by atoms with Crippen LogP contribution in [0, 0.1) is 6.92 Å². The maximum Gasteiger partial charge on any atom is 0.471 e. The van der Waals surface area contributed by atoms with Gasteiger partial charge in [-0.3, -0.25) is 9.59 Å². The van der Waals surface area contributed by atoms with E-state index in [1.807, 2.05) is 37.5 Å². The van der Waals surface area contributed by atoms with Crippen LogP contribution in [-0.2, 0) is 17.8 Å². The highest BCUT2D eigenvalue weighted by atomic mass is 19.4. The van der Waals surface area contributed by atoms with E-state index >= 15 is 0 Å². The van der Waals surface area contributed by atoms with Gasteiger partial charge in [-0.15, -0.1) is 0 Å². The molecule has 0 fully saturated rings. The zero-order chi connectivity index (χ0) is 18.5. The summed E-state index contributed by atoms with van der Waals surface area (Å²) in [6, 6.07) is 5.58. The molecule has 0 radical (unpaired) electrons. The fourth-order valence-corrected chi connectivity index (χ4v) is 3.51. The molecule has 4 nitrogen and oxygen atoms in total. The normalized spacial score (nSPS) is 14.9. The topological polar surface area (TPSA) is 42.3 Å². The second-order valence-corrected chi connectivity index (χ2v) is 6.71. The van der Waals surface area contributed by atoms with Crippen LogP contribution in [0.5, 0.6) is 0 Å². The third-order valence-electron chi connectivity index (χ3n) is 4.58. The van der Waals surface area contributed by atoms with Crippen molar-refractivity contribution in [2.75, 3.05) is 6.54 Å². The highest BCUT2D eigenvalue weighted by Crippen LogP contribution is 2.28. The molecule has 0 aliphatic carbocycles. The number of aryl methyl sites for hydroxylation is 1. The quantitative estimate of drug-likeness (QED) is 0.790. The molecule has 1 aliphatic rings. The van der Waals surface area contributed by atoms with Crippen molar-refractivity contribution in [1.29, 1.82) is 0 Å². The number of alkyl halides is 3. The van der Waals surface area contributed by atoms with Gasteiger partial charge in [0.25, 0.3) is 0 Å². The van der Waals surface area contributed by atoms with Crippen LogP contribution in [0.4, 0.5) is 13.2 Å². The maximum absolute atomic E-state index is 12.9. The van der Waals surface area contributed by atoms with Crippen LogP contribution in [0.1, 0.15) is 36.7 Å². The predicted molar refractivity (Wildman–Crippen MR) is 88.5 cm³/mol. The Hall–Kier alpha value is -2.31. The van der Waals surface area contributed by atoms with E-state index in [1.165, 1.54) is 0 Å². The van der Waals surface area contributed by atoms with Crippen LogP contribution in [0.15, 0.2) is 23.0 Å². The number of benzene rings is 1. The minimum atomic E-state index is -4.93. The number of pyridine rings is 1. The van der Waals surface area contributed by atoms with Crippen molar-refractivity contribution in [3.63, 3.8) is 0 Å². The molecule has 1 aliphatic heterocycles. The van der Waals surface area contributed by atoms with Crippen molar-refractivity contribution >= 4 is 16.8 Å². The smallest absolute Gasteiger partial charge is 0.341 e. The molecule has 0 saturated carbocycles. The predicted octanol–water partition coefficient (Wildman–Crippen LogP) is 3.34. The molecule has 1 amide bonds. The maximum atomic E-state index is 12.9. The summed E-state index contributed by atoms with van der Waals surface area (Å²) >= 11 is 0. The minimum Gasteiger partial charge on any atom is -0.341 e. The van der Waals surface area contributed by atoms with Crippen molar-refractivity contribution in [1.82, 2.24) is 9.47 Å². The number of carbonyl (C=O) groups is 1. The molecule has 0 spiro atoms. The molecule has 1 aromatic carbocycles. The number of fused-ring (bicyclic) bond motifs is 2. The van der Waals surface area contributed by atoms with Crippen molar-refractivity contribution in [2.24, 2.45) is 0 Å². The third-order valence-corrected chi connectivity index (χ3v) is 4.58. The van der Waals surface area contributed by atoms with Gasteiger partial charge in [-0.2, -0.15) is 13.2 Å². The Balaban J connectivity index is 2.22. The molecular weight excluding hydrogens is 333 g/mol. The van der Waals surface area contributed by atoms with Gasteiger partial charge in [0.1, 0.15) is 0 Å². The fraction of sp³-hybridized carbons (Fsp3) is 0.444. The van der Waals surface area contributed by atoms with E-state index in [0.29, 0.717) is 5.39 Å². The number of carbonyl (C=O) groups excluding carboxylic acids is 1. The highest BCUT2D eigenvalue weighted by molar-refractivity contribution is 5.84. The molecule has 0 N–H and O–H groups in total. The van der Waals surface area contributed by atoms with E-state index in [0.717, 1.165) is 21.7 Å². The van der Waals surface area contributed by atoms with Gasteiger partial charge in [0.15, 0.2) is 5.43 Å². The lowest BCUT2D eigenvalue weighted by Crippen LogP contribution is -2.46. The van der Waals surface area contributed by atoms with Gasteiger partial charge in [0.2, 0.25) is 0 Å². The largest absolute Gasteiger partial charge is 0.471 e. The summed E-state index contributed by atoms with van der Waals surface area (Å²) < 4.78 is 40.2. The summed E-state index contributed by atoms with van der Waals surface area (Å²) in [5.74, 6) is -1.89. The molecule has 134 valence electrons. The molecule has 0 unspecified atom stereocenters. The SMILES string of the molecule is Cc1ccc2c(c1)c(=O)c1c(n2C(C)C)CCN(C(=O)C(F)(F)F)C1. The number of halogens is 3. The van der Waals surface area contributed by atoms with Crippen LogP contribution in [0.2, 0.25) is 0 Å². The van der Waals surface area contributed by atoms with Gasteiger partial charge in [0, 0.05) is 35.7 Å². The first kappa shape index (κ1) is 17.5. The van der Waals surface area contributed by atoms with Gasteiger partial charge in [-0.1, -0.05) is 11.6 Å². The van der Waals surface area contributed by atoms with Crippen LogP contribution < -0.4 is 5.43 Å². The minimum absolute atomic E-state index is 0.0458. The van der Waals surface area contributed by atoms with Crippen LogP contribution in [-0.4, -0.2) is 28.1 Å². The molecule has 25 heavy (non-hydrogen) atoms. The molecule has 0 bridgehead atoms. The first-order valence-electron chi connectivity index (χ1n) is 8.14. The van der Waals surface area contributed by atoms with E-state index in [1.54, 1.807) is 6.07 Å². The number of hydrogen-bond donors (Lipinski definition) is 0. The summed E-state index contributed by atoms with van der Waals surface area (Å²) in [7, 11) is 0. The van der Waals surface area contributed by atoms with Gasteiger partial charge >= 0.3 is 12.1 Å². The molecule has 2 aromatic rings. The fourth-order valence-electron chi connectivity index (χ4n) is 3.51. The molecule has 1 aromatic heterocycles. The Bertz CT molecular complexity index is 913. The second kappa shape index (κ2) is 5.89. The number of aromatic nitrogens is 1. The van der Waals surface area contributed by atoms with E-state index in [4.69, 9.17) is 0 Å². The Morgan fingerprint density at radius 3 is 2.52 bits per heavy atom. The zero-order valence-electron chi connectivity index (χ0n) is 14.3. The Morgan fingerprint density at radius 1 is 1.24 bits per heavy atom. The summed E-state index contributed by atoms with van der Waals surface area (Å²) in [6.07, 6.45) is -4.70. The van der Waals surface area contributed by atoms with Crippen molar-refractivity contribution in [2.45, 2.75) is 46.0 Å². The average molecular weight is 352 g/mol. The number of hydrogen-bond acceptors (Lipinski definition) is 2. The summed E-state index contributed by atoms with van der Waals surface area (Å²) in [4.78, 5) is 25.2. The van der Waals surface area contributed by atoms with Gasteiger partial charge in [-0.05, 0) is 32.9 Å². The third kappa shape index (κ3) is 2.92. The summed E-state index contributed by atoms with van der Waals surface area (Å²) in [5, 5.41) is 0.480. The average Bonchev–Trinajstić information content (AvgIpc) is 2.53. The molecule has 0 saturated heterocycles. The van der Waals surface area contributed by atoms with Gasteiger partial charge in [0.05, 0.1) is 12.1 Å². The number of amides is 1. The van der Waals surface area contributed by atoms with Crippen LogP contribution in [0.25, 0.3) is 10.9 Å². The number of nitrogens with zero attached hydrogens (tertiary/aromatic N) is 2. The molecular formula is C18H19F3N2O2. The van der Waals surface area contributed by atoms with E-state index < -0.39 is 12.1 Å². The molecule has 7 heteroatoms. The zero-order valence-corrected chi connectivity index (χ0v) is 14.3. The summed E-state index contributed by atoms with van der Waals surface area (Å²) in [6.45, 7) is 5.45. The molecule has 0 atom stereocenters. The number of rotatable bonds is 1. The van der Waals surface area contributed by atoms with Gasteiger partial charge < -0.3 is 9.47 Å². The second-order valence-electron chi connectivity index (χ2n) is 6.71. The van der Waals surface area contributed by atoms with Crippen molar-refractivity contribution in [3.8, 4) is 0 Å². The lowest BCUT2D eigenvalue weighted by atomic mass is 9.99. The Morgan fingerprint density at radius 2 is 1.92 bits per heavy atom.